The van der Waals surface area contributed by atoms with Gasteiger partial charge in [-0.1, -0.05) is 6.07 Å². The van der Waals surface area contributed by atoms with E-state index in [1.54, 1.807) is 30.0 Å². The number of nitrogens with zero attached hydrogens (tertiary/aromatic N) is 2. The summed E-state index contributed by atoms with van der Waals surface area (Å²) in [5.41, 5.74) is 7.89. The van der Waals surface area contributed by atoms with Crippen LogP contribution in [-0.2, 0) is 11.3 Å². The number of anilines is 2. The Hall–Kier alpha value is -2.34. The Morgan fingerprint density at radius 2 is 2.24 bits per heavy atom. The van der Waals surface area contributed by atoms with Crippen molar-refractivity contribution in [3.63, 3.8) is 0 Å². The molecule has 1 aromatic heterocycles. The molecule has 3 N–H and O–H groups in total. The van der Waals surface area contributed by atoms with E-state index in [1.165, 1.54) is 0 Å². The number of aromatic nitrogens is 2. The molecule has 0 fully saturated rings. The van der Waals surface area contributed by atoms with E-state index in [-0.39, 0.29) is 5.91 Å². The van der Waals surface area contributed by atoms with Crippen LogP contribution in [0.4, 0.5) is 11.5 Å². The van der Waals surface area contributed by atoms with Crippen LogP contribution in [0.1, 0.15) is 22.3 Å². The van der Waals surface area contributed by atoms with E-state index in [1.807, 2.05) is 19.2 Å². The first-order valence-electron chi connectivity index (χ1n) is 6.80. The van der Waals surface area contributed by atoms with Gasteiger partial charge < -0.3 is 15.8 Å². The molecule has 1 amide bonds. The van der Waals surface area contributed by atoms with Gasteiger partial charge in [-0.2, -0.15) is 5.10 Å². The lowest BCUT2D eigenvalue weighted by Crippen LogP contribution is -2.13. The number of ether oxygens (including phenoxy) is 1. The van der Waals surface area contributed by atoms with Gasteiger partial charge in [0.1, 0.15) is 0 Å². The number of benzene rings is 1. The molecular weight excluding hydrogens is 268 g/mol. The molecule has 21 heavy (non-hydrogen) atoms. The Balaban J connectivity index is 1.97. The number of carbonyl (C=O) groups excluding carboxylic acids is 1. The molecular formula is C15H20N4O2. The minimum absolute atomic E-state index is 0.219. The Bertz CT molecular complexity index is 622. The fraction of sp³-hybridized carbons (Fsp3) is 0.333. The number of nitrogen functional groups attached to an aromatic ring is 1. The molecule has 0 radical (unpaired) electrons. The van der Waals surface area contributed by atoms with Crippen LogP contribution in [0.3, 0.4) is 0 Å². The third-order valence-electron chi connectivity index (χ3n) is 3.16. The predicted octanol–water partition coefficient (Wildman–Crippen LogP) is 2.06. The summed E-state index contributed by atoms with van der Waals surface area (Å²) >= 11 is 0. The van der Waals surface area contributed by atoms with E-state index in [2.05, 4.69) is 10.4 Å². The minimum Gasteiger partial charge on any atom is -0.398 e. The summed E-state index contributed by atoms with van der Waals surface area (Å²) in [6.45, 7) is 3.34. The van der Waals surface area contributed by atoms with Gasteiger partial charge in [0.15, 0.2) is 5.82 Å². The third kappa shape index (κ3) is 4.06. The molecule has 0 atom stereocenters. The average Bonchev–Trinajstić information content (AvgIpc) is 2.89. The molecule has 2 rings (SSSR count). The number of methoxy groups -OCH3 is 1. The fourth-order valence-electron chi connectivity index (χ4n) is 1.89. The van der Waals surface area contributed by atoms with Crippen molar-refractivity contribution in [3.8, 4) is 0 Å². The van der Waals surface area contributed by atoms with Crippen LogP contribution in [0.5, 0.6) is 0 Å². The molecule has 112 valence electrons. The van der Waals surface area contributed by atoms with E-state index < -0.39 is 0 Å². The molecule has 0 aliphatic carbocycles. The van der Waals surface area contributed by atoms with Crippen molar-refractivity contribution < 1.29 is 9.53 Å². The van der Waals surface area contributed by atoms with E-state index in [0.29, 0.717) is 23.7 Å². The maximum Gasteiger partial charge on any atom is 0.256 e. The minimum atomic E-state index is -0.219. The highest BCUT2D eigenvalue weighted by molar-refractivity contribution is 6.04. The van der Waals surface area contributed by atoms with Crippen molar-refractivity contribution in [3.05, 3.63) is 41.6 Å². The van der Waals surface area contributed by atoms with Gasteiger partial charge in [-0.15, -0.1) is 0 Å². The molecule has 0 saturated carbocycles. The highest BCUT2D eigenvalue weighted by Gasteiger charge is 2.09. The second-order valence-corrected chi connectivity index (χ2v) is 4.84. The molecule has 0 bridgehead atoms. The van der Waals surface area contributed by atoms with Gasteiger partial charge in [0.05, 0.1) is 0 Å². The first-order valence-corrected chi connectivity index (χ1v) is 6.80. The molecule has 1 aromatic carbocycles. The quantitative estimate of drug-likeness (QED) is 0.629. The van der Waals surface area contributed by atoms with Crippen LogP contribution in [-0.4, -0.2) is 29.4 Å². The van der Waals surface area contributed by atoms with Crippen molar-refractivity contribution in [2.75, 3.05) is 24.8 Å². The van der Waals surface area contributed by atoms with Crippen molar-refractivity contribution >= 4 is 17.4 Å². The Kier molecular flexibility index (Phi) is 4.94. The van der Waals surface area contributed by atoms with Gasteiger partial charge in [-0.05, 0) is 31.0 Å². The van der Waals surface area contributed by atoms with E-state index in [4.69, 9.17) is 10.5 Å². The van der Waals surface area contributed by atoms with E-state index >= 15 is 0 Å². The van der Waals surface area contributed by atoms with Gasteiger partial charge in [0.2, 0.25) is 0 Å². The monoisotopic (exact) mass is 288 g/mol. The number of hydrogen-bond donors (Lipinski definition) is 2. The summed E-state index contributed by atoms with van der Waals surface area (Å²) in [5, 5.41) is 7.04. The lowest BCUT2D eigenvalue weighted by molar-refractivity contribution is 0.102. The summed E-state index contributed by atoms with van der Waals surface area (Å²) in [6, 6.07) is 7.01. The summed E-state index contributed by atoms with van der Waals surface area (Å²) < 4.78 is 6.77. The second kappa shape index (κ2) is 6.90. The smallest absolute Gasteiger partial charge is 0.256 e. The summed E-state index contributed by atoms with van der Waals surface area (Å²) in [6.07, 6.45) is 2.70. The molecule has 0 spiro atoms. The van der Waals surface area contributed by atoms with Crippen molar-refractivity contribution in [2.24, 2.45) is 0 Å². The molecule has 0 aliphatic rings. The molecule has 1 heterocycles. The molecule has 6 nitrogen and oxygen atoms in total. The van der Waals surface area contributed by atoms with Crippen LogP contribution in [0.2, 0.25) is 0 Å². The lowest BCUT2D eigenvalue weighted by atomic mass is 10.1. The number of nitrogens with one attached hydrogen (secondary N) is 1. The third-order valence-corrected chi connectivity index (χ3v) is 3.16. The second-order valence-electron chi connectivity index (χ2n) is 4.84. The van der Waals surface area contributed by atoms with Crippen molar-refractivity contribution in [1.82, 2.24) is 9.78 Å². The van der Waals surface area contributed by atoms with Crippen LogP contribution in [0.15, 0.2) is 30.5 Å². The zero-order valence-corrected chi connectivity index (χ0v) is 12.3. The lowest BCUT2D eigenvalue weighted by Gasteiger charge is -2.05. The van der Waals surface area contributed by atoms with Crippen molar-refractivity contribution in [1.29, 1.82) is 0 Å². The maximum absolute atomic E-state index is 12.1. The topological polar surface area (TPSA) is 82.2 Å². The number of amides is 1. The first kappa shape index (κ1) is 15.1. The van der Waals surface area contributed by atoms with Crippen molar-refractivity contribution in [2.45, 2.75) is 19.9 Å². The van der Waals surface area contributed by atoms with Gasteiger partial charge in [-0.3, -0.25) is 9.48 Å². The Labute approximate surface area is 123 Å². The van der Waals surface area contributed by atoms with Gasteiger partial charge >= 0.3 is 0 Å². The number of aryl methyl sites for hydroxylation is 2. The molecule has 0 saturated heterocycles. The van der Waals surface area contributed by atoms with Crippen LogP contribution >= 0.6 is 0 Å². The molecule has 0 unspecified atom stereocenters. The van der Waals surface area contributed by atoms with E-state index in [0.717, 1.165) is 18.5 Å². The Morgan fingerprint density at radius 1 is 1.43 bits per heavy atom. The largest absolute Gasteiger partial charge is 0.398 e. The first-order chi connectivity index (χ1) is 10.1. The van der Waals surface area contributed by atoms with Gasteiger partial charge in [0.25, 0.3) is 5.91 Å². The van der Waals surface area contributed by atoms with Gasteiger partial charge in [-0.25, -0.2) is 0 Å². The number of carbonyl (C=O) groups is 1. The Morgan fingerprint density at radius 3 is 2.95 bits per heavy atom. The normalized spacial score (nSPS) is 10.6. The fourth-order valence-corrected chi connectivity index (χ4v) is 1.89. The van der Waals surface area contributed by atoms with Crippen LogP contribution < -0.4 is 11.1 Å². The zero-order chi connectivity index (χ0) is 15.2. The molecule has 6 heteroatoms. The van der Waals surface area contributed by atoms with Crippen LogP contribution in [0.25, 0.3) is 0 Å². The molecule has 0 aliphatic heterocycles. The summed E-state index contributed by atoms with van der Waals surface area (Å²) in [5.74, 6) is 0.306. The van der Waals surface area contributed by atoms with Crippen LogP contribution in [0, 0.1) is 6.92 Å². The number of nitrogens with two attached hydrogens (primary N) is 1. The van der Waals surface area contributed by atoms with Gasteiger partial charge in [0, 0.05) is 43.8 Å². The zero-order valence-electron chi connectivity index (χ0n) is 12.3. The standard InChI is InChI=1S/C15H20N4O2/c1-11-4-5-12(10-13(11)16)15(20)17-14-6-8-19(18-14)7-3-9-21-2/h4-6,8,10H,3,7,9,16H2,1-2H3,(H,17,18,20). The highest BCUT2D eigenvalue weighted by atomic mass is 16.5. The SMILES string of the molecule is COCCCn1ccc(NC(=O)c2ccc(C)c(N)c2)n1. The predicted molar refractivity (Wildman–Crippen MR) is 82.3 cm³/mol. The highest BCUT2D eigenvalue weighted by Crippen LogP contribution is 2.14. The number of hydrogen-bond acceptors (Lipinski definition) is 4. The summed E-state index contributed by atoms with van der Waals surface area (Å²) in [7, 11) is 1.67. The maximum atomic E-state index is 12.1. The summed E-state index contributed by atoms with van der Waals surface area (Å²) in [4.78, 5) is 12.1. The van der Waals surface area contributed by atoms with E-state index in [9.17, 15) is 4.79 Å². The number of rotatable bonds is 6. The average molecular weight is 288 g/mol. The molecule has 2 aromatic rings.